The summed E-state index contributed by atoms with van der Waals surface area (Å²) in [5.74, 6) is 0. The molecule has 0 saturated heterocycles. The second-order valence-electron chi connectivity index (χ2n) is 2.69. The van der Waals surface area contributed by atoms with Crippen molar-refractivity contribution in [2.75, 3.05) is 14.2 Å². The lowest BCUT2D eigenvalue weighted by atomic mass is 10.1. The molecule has 12 heavy (non-hydrogen) atoms. The van der Waals surface area contributed by atoms with Crippen LogP contribution in [0.15, 0.2) is 24.3 Å². The Morgan fingerprint density at radius 3 is 1.92 bits per heavy atom. The van der Waals surface area contributed by atoms with Crippen LogP contribution in [0.1, 0.15) is 11.1 Å². The molecule has 0 radical (unpaired) electrons. The Morgan fingerprint density at radius 2 is 1.50 bits per heavy atom. The highest BCUT2D eigenvalue weighted by Gasteiger charge is 1.94. The number of hydrogen-bond acceptors (Lipinski definition) is 2. The summed E-state index contributed by atoms with van der Waals surface area (Å²) in [5.41, 5.74) is 2.37. The molecule has 2 nitrogen and oxygen atoms in total. The largest absolute Gasteiger partial charge is 0.380 e. The van der Waals surface area contributed by atoms with Crippen molar-refractivity contribution in [2.45, 2.75) is 13.2 Å². The van der Waals surface area contributed by atoms with Gasteiger partial charge in [-0.3, -0.25) is 0 Å². The van der Waals surface area contributed by atoms with Crippen LogP contribution in [0.2, 0.25) is 0 Å². The summed E-state index contributed by atoms with van der Waals surface area (Å²) in [6.45, 7) is 1.33. The van der Waals surface area contributed by atoms with E-state index in [2.05, 4.69) is 6.07 Å². The van der Waals surface area contributed by atoms with Gasteiger partial charge in [0.2, 0.25) is 0 Å². The number of methoxy groups -OCH3 is 2. The third kappa shape index (κ3) is 2.64. The summed E-state index contributed by atoms with van der Waals surface area (Å²) in [7, 11) is 3.39. The molecule has 0 aromatic heterocycles. The predicted octanol–water partition coefficient (Wildman–Crippen LogP) is 1.98. The zero-order valence-electron chi connectivity index (χ0n) is 7.54. The van der Waals surface area contributed by atoms with Gasteiger partial charge in [0.25, 0.3) is 0 Å². The quantitative estimate of drug-likeness (QED) is 0.681. The third-order valence-electron chi connectivity index (χ3n) is 1.61. The van der Waals surface area contributed by atoms with E-state index in [-0.39, 0.29) is 0 Å². The first-order chi connectivity index (χ1) is 5.86. The van der Waals surface area contributed by atoms with E-state index in [9.17, 15) is 0 Å². The maximum atomic E-state index is 5.02. The Morgan fingerprint density at radius 1 is 1.00 bits per heavy atom. The van der Waals surface area contributed by atoms with Gasteiger partial charge < -0.3 is 9.47 Å². The molecule has 66 valence electrons. The van der Waals surface area contributed by atoms with Crippen LogP contribution in [0, 0.1) is 0 Å². The van der Waals surface area contributed by atoms with E-state index in [4.69, 9.17) is 9.47 Å². The molecule has 0 heterocycles. The van der Waals surface area contributed by atoms with Gasteiger partial charge in [0.15, 0.2) is 0 Å². The molecule has 0 amide bonds. The highest BCUT2D eigenvalue weighted by molar-refractivity contribution is 5.22. The lowest BCUT2D eigenvalue weighted by Gasteiger charge is -2.02. The van der Waals surface area contributed by atoms with E-state index < -0.39 is 0 Å². The SMILES string of the molecule is COCc1cccc(COC)c1. The van der Waals surface area contributed by atoms with Crippen LogP contribution in [0.4, 0.5) is 0 Å². The first-order valence-corrected chi connectivity index (χ1v) is 3.92. The lowest BCUT2D eigenvalue weighted by molar-refractivity contribution is 0.180. The first-order valence-electron chi connectivity index (χ1n) is 3.92. The van der Waals surface area contributed by atoms with Crippen molar-refractivity contribution < 1.29 is 9.47 Å². The van der Waals surface area contributed by atoms with Crippen LogP contribution in [-0.4, -0.2) is 14.2 Å². The normalized spacial score (nSPS) is 10.2. The van der Waals surface area contributed by atoms with Crippen molar-refractivity contribution in [1.29, 1.82) is 0 Å². The van der Waals surface area contributed by atoms with Crippen LogP contribution in [-0.2, 0) is 22.7 Å². The van der Waals surface area contributed by atoms with Crippen LogP contribution in [0.3, 0.4) is 0 Å². The van der Waals surface area contributed by atoms with Gasteiger partial charge in [0, 0.05) is 14.2 Å². The molecule has 0 bridgehead atoms. The third-order valence-corrected chi connectivity index (χ3v) is 1.61. The summed E-state index contributed by atoms with van der Waals surface area (Å²) >= 11 is 0. The minimum Gasteiger partial charge on any atom is -0.380 e. The van der Waals surface area contributed by atoms with Gasteiger partial charge in [0.1, 0.15) is 0 Å². The van der Waals surface area contributed by atoms with Gasteiger partial charge in [-0.25, -0.2) is 0 Å². The van der Waals surface area contributed by atoms with Gasteiger partial charge >= 0.3 is 0 Å². The lowest BCUT2D eigenvalue weighted by Crippen LogP contribution is -1.91. The van der Waals surface area contributed by atoms with Crippen molar-refractivity contribution in [3.8, 4) is 0 Å². The molecule has 0 fully saturated rings. The fraction of sp³-hybridized carbons (Fsp3) is 0.400. The fourth-order valence-electron chi connectivity index (χ4n) is 1.14. The molecule has 0 N–H and O–H groups in total. The zero-order valence-corrected chi connectivity index (χ0v) is 7.54. The molecular weight excluding hydrogens is 152 g/mol. The molecule has 0 atom stereocenters. The Hall–Kier alpha value is -0.860. The predicted molar refractivity (Wildman–Crippen MR) is 47.9 cm³/mol. The summed E-state index contributed by atoms with van der Waals surface area (Å²) in [4.78, 5) is 0. The molecular formula is C10H14O2. The summed E-state index contributed by atoms with van der Waals surface area (Å²) in [5, 5.41) is 0. The Balaban J connectivity index is 2.67. The van der Waals surface area contributed by atoms with Crippen LogP contribution in [0.25, 0.3) is 0 Å². The Kier molecular flexibility index (Phi) is 3.77. The number of benzene rings is 1. The average Bonchev–Trinajstić information content (AvgIpc) is 2.06. The van der Waals surface area contributed by atoms with E-state index >= 15 is 0 Å². The van der Waals surface area contributed by atoms with Gasteiger partial charge in [-0.05, 0) is 11.1 Å². The highest BCUT2D eigenvalue weighted by atomic mass is 16.5. The molecule has 0 saturated carbocycles. The number of ether oxygens (including phenoxy) is 2. The van der Waals surface area contributed by atoms with Crippen molar-refractivity contribution in [3.63, 3.8) is 0 Å². The summed E-state index contributed by atoms with van der Waals surface area (Å²) in [6, 6.07) is 8.20. The van der Waals surface area contributed by atoms with Gasteiger partial charge in [-0.2, -0.15) is 0 Å². The van der Waals surface area contributed by atoms with Crippen molar-refractivity contribution >= 4 is 0 Å². The molecule has 0 unspecified atom stereocenters. The van der Waals surface area contributed by atoms with Crippen LogP contribution >= 0.6 is 0 Å². The molecule has 0 aliphatic rings. The standard InChI is InChI=1S/C10H14O2/c1-11-7-9-4-3-5-10(6-9)8-12-2/h3-6H,7-8H2,1-2H3. The van der Waals surface area contributed by atoms with Gasteiger partial charge in [-0.1, -0.05) is 24.3 Å². The molecule has 2 heteroatoms. The number of hydrogen-bond donors (Lipinski definition) is 0. The van der Waals surface area contributed by atoms with Crippen molar-refractivity contribution in [1.82, 2.24) is 0 Å². The zero-order chi connectivity index (χ0) is 8.81. The van der Waals surface area contributed by atoms with E-state index in [0.717, 1.165) is 0 Å². The second kappa shape index (κ2) is 4.91. The van der Waals surface area contributed by atoms with Gasteiger partial charge in [-0.15, -0.1) is 0 Å². The maximum Gasteiger partial charge on any atom is 0.0713 e. The van der Waals surface area contributed by atoms with Gasteiger partial charge in [0.05, 0.1) is 13.2 Å². The van der Waals surface area contributed by atoms with E-state index in [1.807, 2.05) is 18.2 Å². The first kappa shape index (κ1) is 9.23. The molecule has 0 aliphatic carbocycles. The maximum absolute atomic E-state index is 5.02. The monoisotopic (exact) mass is 166 g/mol. The fourth-order valence-corrected chi connectivity index (χ4v) is 1.14. The van der Waals surface area contributed by atoms with Crippen molar-refractivity contribution in [3.05, 3.63) is 35.4 Å². The summed E-state index contributed by atoms with van der Waals surface area (Å²) in [6.07, 6.45) is 0. The topological polar surface area (TPSA) is 18.5 Å². The smallest absolute Gasteiger partial charge is 0.0713 e. The Bertz CT molecular complexity index is 212. The highest BCUT2D eigenvalue weighted by Crippen LogP contribution is 2.06. The van der Waals surface area contributed by atoms with E-state index in [1.54, 1.807) is 14.2 Å². The molecule has 1 aromatic carbocycles. The Labute approximate surface area is 73.1 Å². The molecule has 0 aliphatic heterocycles. The number of rotatable bonds is 4. The minimum atomic E-state index is 0.664. The summed E-state index contributed by atoms with van der Waals surface area (Å²) < 4.78 is 10.0. The van der Waals surface area contributed by atoms with E-state index in [0.29, 0.717) is 13.2 Å². The van der Waals surface area contributed by atoms with Crippen molar-refractivity contribution in [2.24, 2.45) is 0 Å². The average molecular weight is 166 g/mol. The molecule has 1 rings (SSSR count). The molecule has 0 spiro atoms. The minimum absolute atomic E-state index is 0.664. The van der Waals surface area contributed by atoms with E-state index in [1.165, 1.54) is 11.1 Å². The van der Waals surface area contributed by atoms with Crippen LogP contribution < -0.4 is 0 Å². The molecule has 1 aromatic rings. The van der Waals surface area contributed by atoms with Crippen LogP contribution in [0.5, 0.6) is 0 Å². The second-order valence-corrected chi connectivity index (χ2v) is 2.69.